The second kappa shape index (κ2) is 3.87. The number of nitrogens with one attached hydrogen (secondary N) is 1. The number of aryl methyl sites for hydroxylation is 1. The molecule has 0 bridgehead atoms. The summed E-state index contributed by atoms with van der Waals surface area (Å²) in [6, 6.07) is 1.79. The molecule has 0 spiro atoms. The second-order valence-electron chi connectivity index (χ2n) is 2.93. The lowest BCUT2D eigenvalue weighted by molar-refractivity contribution is 0.412. The van der Waals surface area contributed by atoms with Gasteiger partial charge >= 0.3 is 0 Å². The number of anilines is 1. The van der Waals surface area contributed by atoms with Crippen LogP contribution in [0, 0.1) is 6.92 Å². The average Bonchev–Trinajstić information content (AvgIpc) is 2.70. The monoisotopic (exact) mass is 190 g/mol. The van der Waals surface area contributed by atoms with E-state index in [2.05, 4.69) is 20.4 Å². The molecular weight excluding hydrogens is 180 g/mol. The van der Waals surface area contributed by atoms with Crippen LogP contribution in [0.3, 0.4) is 0 Å². The van der Waals surface area contributed by atoms with Crippen LogP contribution in [0.25, 0.3) is 0 Å². The molecule has 5 nitrogen and oxygen atoms in total. The molecule has 0 fully saturated rings. The van der Waals surface area contributed by atoms with Crippen molar-refractivity contribution in [3.63, 3.8) is 0 Å². The van der Waals surface area contributed by atoms with Gasteiger partial charge in [0.25, 0.3) is 0 Å². The normalized spacial score (nSPS) is 10.1. The summed E-state index contributed by atoms with van der Waals surface area (Å²) in [6.45, 7) is 2.51. The lowest BCUT2D eigenvalue weighted by Crippen LogP contribution is -2.03. The number of aromatic nitrogens is 3. The highest BCUT2D eigenvalue weighted by atomic mass is 16.5. The van der Waals surface area contributed by atoms with Crippen LogP contribution in [0.1, 0.15) is 11.3 Å². The van der Waals surface area contributed by atoms with E-state index in [9.17, 15) is 0 Å². The lowest BCUT2D eigenvalue weighted by Gasteiger charge is -2.00. The summed E-state index contributed by atoms with van der Waals surface area (Å²) in [5, 5.41) is 6.79. The molecule has 2 rings (SSSR count). The molecule has 2 heterocycles. The van der Waals surface area contributed by atoms with Crippen molar-refractivity contribution in [2.45, 2.75) is 13.5 Å². The first-order valence-corrected chi connectivity index (χ1v) is 4.26. The predicted octanol–water partition coefficient (Wildman–Crippen LogP) is 1.39. The van der Waals surface area contributed by atoms with Gasteiger partial charge in [0, 0.05) is 18.5 Å². The van der Waals surface area contributed by atoms with Crippen LogP contribution in [0.5, 0.6) is 0 Å². The van der Waals surface area contributed by atoms with E-state index in [4.69, 9.17) is 4.52 Å². The number of hydrogen-bond acceptors (Lipinski definition) is 5. The fourth-order valence-electron chi connectivity index (χ4n) is 0.982. The molecule has 2 aromatic rings. The smallest absolute Gasteiger partial charge is 0.222 e. The first-order chi connectivity index (χ1) is 6.84. The molecule has 0 saturated heterocycles. The highest BCUT2D eigenvalue weighted by molar-refractivity contribution is 5.25. The van der Waals surface area contributed by atoms with Crippen LogP contribution in [-0.4, -0.2) is 15.1 Å². The Hall–Kier alpha value is -1.91. The molecule has 0 unspecified atom stereocenters. The van der Waals surface area contributed by atoms with Gasteiger partial charge in [0.05, 0.1) is 6.54 Å². The molecule has 72 valence electrons. The highest BCUT2D eigenvalue weighted by Gasteiger charge is 1.97. The van der Waals surface area contributed by atoms with Crippen molar-refractivity contribution < 1.29 is 4.52 Å². The minimum absolute atomic E-state index is 0.569. The Labute approximate surface area is 81.2 Å². The lowest BCUT2D eigenvalue weighted by atomic mass is 10.4. The van der Waals surface area contributed by atoms with E-state index in [1.807, 2.05) is 6.92 Å². The Bertz CT molecular complexity index is 382. The third-order valence-corrected chi connectivity index (χ3v) is 1.70. The highest BCUT2D eigenvalue weighted by Crippen LogP contribution is 2.01. The van der Waals surface area contributed by atoms with E-state index in [0.29, 0.717) is 12.5 Å². The van der Waals surface area contributed by atoms with Gasteiger partial charge in [-0.05, 0) is 12.5 Å². The Kier molecular flexibility index (Phi) is 2.40. The van der Waals surface area contributed by atoms with Gasteiger partial charge in [-0.15, -0.1) is 0 Å². The molecule has 0 atom stereocenters. The summed E-state index contributed by atoms with van der Waals surface area (Å²) in [7, 11) is 0. The van der Waals surface area contributed by atoms with E-state index >= 15 is 0 Å². The maximum atomic E-state index is 4.69. The van der Waals surface area contributed by atoms with Crippen LogP contribution in [0.15, 0.2) is 29.2 Å². The van der Waals surface area contributed by atoms with Gasteiger partial charge in [0.2, 0.25) is 5.95 Å². The van der Waals surface area contributed by atoms with Crippen molar-refractivity contribution in [3.8, 4) is 0 Å². The van der Waals surface area contributed by atoms with Crippen molar-refractivity contribution in [1.29, 1.82) is 0 Å². The molecule has 1 N–H and O–H groups in total. The maximum Gasteiger partial charge on any atom is 0.222 e. The van der Waals surface area contributed by atoms with Gasteiger partial charge in [-0.3, -0.25) is 0 Å². The third kappa shape index (κ3) is 2.07. The van der Waals surface area contributed by atoms with Gasteiger partial charge < -0.3 is 9.84 Å². The van der Waals surface area contributed by atoms with Gasteiger partial charge in [0.1, 0.15) is 12.0 Å². The zero-order valence-electron chi connectivity index (χ0n) is 7.77. The zero-order chi connectivity index (χ0) is 9.80. The van der Waals surface area contributed by atoms with Crippen molar-refractivity contribution >= 4 is 5.95 Å². The van der Waals surface area contributed by atoms with Crippen LogP contribution >= 0.6 is 0 Å². The quantitative estimate of drug-likeness (QED) is 0.792. The van der Waals surface area contributed by atoms with Crippen molar-refractivity contribution in [2.75, 3.05) is 5.32 Å². The number of hydrogen-bond donors (Lipinski definition) is 1. The van der Waals surface area contributed by atoms with Gasteiger partial charge in [0.15, 0.2) is 0 Å². The Morgan fingerprint density at radius 2 is 2.14 bits per heavy atom. The van der Waals surface area contributed by atoms with Crippen LogP contribution in [0.4, 0.5) is 5.95 Å². The van der Waals surface area contributed by atoms with Crippen LogP contribution < -0.4 is 5.32 Å². The van der Waals surface area contributed by atoms with E-state index in [0.717, 1.165) is 11.3 Å². The molecular formula is C9H10N4O. The van der Waals surface area contributed by atoms with E-state index in [1.54, 1.807) is 18.5 Å². The summed E-state index contributed by atoms with van der Waals surface area (Å²) >= 11 is 0. The molecule has 0 saturated carbocycles. The van der Waals surface area contributed by atoms with Crippen molar-refractivity contribution in [3.05, 3.63) is 36.0 Å². The average molecular weight is 190 g/mol. The fourth-order valence-corrected chi connectivity index (χ4v) is 0.982. The molecule has 0 aliphatic carbocycles. The minimum atomic E-state index is 0.569. The standard InChI is InChI=1S/C9H10N4O/c1-7-4-10-9(11-5-7)12-6-8-2-3-14-13-8/h2-5H,6H2,1H3,(H,10,11,12). The molecule has 2 aromatic heterocycles. The van der Waals surface area contributed by atoms with E-state index < -0.39 is 0 Å². The molecule has 0 aliphatic heterocycles. The second-order valence-corrected chi connectivity index (χ2v) is 2.93. The van der Waals surface area contributed by atoms with E-state index in [1.165, 1.54) is 6.26 Å². The van der Waals surface area contributed by atoms with Crippen molar-refractivity contribution in [1.82, 2.24) is 15.1 Å². The Balaban J connectivity index is 1.95. The first-order valence-electron chi connectivity index (χ1n) is 4.26. The molecule has 14 heavy (non-hydrogen) atoms. The summed E-state index contributed by atoms with van der Waals surface area (Å²) in [5.74, 6) is 0.596. The van der Waals surface area contributed by atoms with E-state index in [-0.39, 0.29) is 0 Å². The SMILES string of the molecule is Cc1cnc(NCc2ccon2)nc1. The maximum absolute atomic E-state index is 4.69. The molecule has 0 amide bonds. The number of rotatable bonds is 3. The molecule has 5 heteroatoms. The largest absolute Gasteiger partial charge is 0.364 e. The van der Waals surface area contributed by atoms with Gasteiger partial charge in [-0.1, -0.05) is 5.16 Å². The summed E-state index contributed by atoms with van der Waals surface area (Å²) < 4.78 is 4.69. The van der Waals surface area contributed by atoms with Gasteiger partial charge in [-0.2, -0.15) is 0 Å². The molecule has 0 radical (unpaired) electrons. The third-order valence-electron chi connectivity index (χ3n) is 1.70. The van der Waals surface area contributed by atoms with Crippen molar-refractivity contribution in [2.24, 2.45) is 0 Å². The van der Waals surface area contributed by atoms with Crippen LogP contribution in [-0.2, 0) is 6.54 Å². The minimum Gasteiger partial charge on any atom is -0.364 e. The summed E-state index contributed by atoms with van der Waals surface area (Å²) in [6.07, 6.45) is 5.06. The van der Waals surface area contributed by atoms with Crippen LogP contribution in [0.2, 0.25) is 0 Å². The Morgan fingerprint density at radius 1 is 1.36 bits per heavy atom. The Morgan fingerprint density at radius 3 is 2.79 bits per heavy atom. The molecule has 0 aromatic carbocycles. The molecule has 0 aliphatic rings. The first kappa shape index (κ1) is 8.68. The fraction of sp³-hybridized carbons (Fsp3) is 0.222. The summed E-state index contributed by atoms with van der Waals surface area (Å²) in [4.78, 5) is 8.19. The predicted molar refractivity (Wildman–Crippen MR) is 50.6 cm³/mol. The topological polar surface area (TPSA) is 63.8 Å². The summed E-state index contributed by atoms with van der Waals surface area (Å²) in [5.41, 5.74) is 1.87. The van der Waals surface area contributed by atoms with Gasteiger partial charge in [-0.25, -0.2) is 9.97 Å². The zero-order valence-corrected chi connectivity index (χ0v) is 7.77. The number of nitrogens with zero attached hydrogens (tertiary/aromatic N) is 3.